The number of hydrogen-bond donors (Lipinski definition) is 1. The molecule has 1 aromatic carbocycles. The van der Waals surface area contributed by atoms with Gasteiger partial charge in [-0.3, -0.25) is 0 Å². The molecule has 0 aliphatic carbocycles. The molecular formula is C15H18ClN3O. The van der Waals surface area contributed by atoms with Crippen molar-refractivity contribution in [3.05, 3.63) is 40.2 Å². The molecule has 5 heteroatoms. The molecule has 0 amide bonds. The number of anilines is 1. The molecule has 0 aliphatic heterocycles. The van der Waals surface area contributed by atoms with Crippen molar-refractivity contribution < 1.29 is 4.74 Å². The second-order valence-electron chi connectivity index (χ2n) is 4.62. The number of hydrogen-bond acceptors (Lipinski definition) is 4. The third-order valence-corrected chi connectivity index (χ3v) is 3.15. The van der Waals surface area contributed by atoms with E-state index in [1.165, 1.54) is 0 Å². The molecule has 0 fully saturated rings. The molecule has 2 aromatic rings. The van der Waals surface area contributed by atoms with E-state index < -0.39 is 0 Å². The Morgan fingerprint density at radius 1 is 1.20 bits per heavy atom. The maximum atomic E-state index is 6.19. The normalized spacial score (nSPS) is 10.4. The number of nitrogens with one attached hydrogen (secondary N) is 1. The summed E-state index contributed by atoms with van der Waals surface area (Å²) in [5.74, 6) is 2.57. The topological polar surface area (TPSA) is 47.0 Å². The molecule has 0 atom stereocenters. The number of aromatic nitrogens is 2. The zero-order valence-electron chi connectivity index (χ0n) is 12.1. The summed E-state index contributed by atoms with van der Waals surface area (Å²) in [7, 11) is 0. The van der Waals surface area contributed by atoms with Gasteiger partial charge in [0.05, 0.1) is 10.6 Å². The molecule has 0 saturated heterocycles. The van der Waals surface area contributed by atoms with Crippen LogP contribution in [0.5, 0.6) is 11.6 Å². The number of aryl methyl sites for hydroxylation is 2. The Labute approximate surface area is 124 Å². The maximum absolute atomic E-state index is 6.19. The van der Waals surface area contributed by atoms with Gasteiger partial charge < -0.3 is 10.1 Å². The molecule has 1 N–H and O–H groups in total. The quantitative estimate of drug-likeness (QED) is 0.913. The van der Waals surface area contributed by atoms with Crippen LogP contribution < -0.4 is 10.1 Å². The van der Waals surface area contributed by atoms with Crippen molar-refractivity contribution in [1.29, 1.82) is 0 Å². The minimum Gasteiger partial charge on any atom is -0.437 e. The average molecular weight is 292 g/mol. The highest BCUT2D eigenvalue weighted by atomic mass is 35.5. The van der Waals surface area contributed by atoms with Crippen LogP contribution in [0.3, 0.4) is 0 Å². The number of benzene rings is 1. The Morgan fingerprint density at radius 2 is 1.95 bits per heavy atom. The molecule has 2 rings (SSSR count). The average Bonchev–Trinajstić information content (AvgIpc) is 2.38. The minimum atomic E-state index is 0.527. The summed E-state index contributed by atoms with van der Waals surface area (Å²) in [5.41, 5.74) is 1.96. The van der Waals surface area contributed by atoms with Gasteiger partial charge in [0.1, 0.15) is 17.4 Å². The van der Waals surface area contributed by atoms with Gasteiger partial charge in [-0.15, -0.1) is 0 Å². The Balaban J connectivity index is 2.37. The highest BCUT2D eigenvalue weighted by molar-refractivity contribution is 6.32. The SMILES string of the molecule is CCNc1nc(C)nc(Oc2ccc(C)cc2Cl)c1C. The van der Waals surface area contributed by atoms with Crippen LogP contribution in [0.2, 0.25) is 5.02 Å². The van der Waals surface area contributed by atoms with Crippen molar-refractivity contribution in [2.24, 2.45) is 0 Å². The van der Waals surface area contributed by atoms with Gasteiger partial charge in [-0.2, -0.15) is 4.98 Å². The van der Waals surface area contributed by atoms with Crippen LogP contribution in [-0.4, -0.2) is 16.5 Å². The van der Waals surface area contributed by atoms with E-state index in [2.05, 4.69) is 15.3 Å². The Hall–Kier alpha value is -1.81. The van der Waals surface area contributed by atoms with Crippen molar-refractivity contribution >= 4 is 17.4 Å². The molecule has 0 unspecified atom stereocenters. The van der Waals surface area contributed by atoms with Gasteiger partial charge in [0.15, 0.2) is 0 Å². The number of nitrogens with zero attached hydrogens (tertiary/aromatic N) is 2. The first-order valence-electron chi connectivity index (χ1n) is 6.54. The summed E-state index contributed by atoms with van der Waals surface area (Å²) in [6.07, 6.45) is 0. The number of rotatable bonds is 4. The van der Waals surface area contributed by atoms with E-state index in [-0.39, 0.29) is 0 Å². The lowest BCUT2D eigenvalue weighted by atomic mass is 10.2. The van der Waals surface area contributed by atoms with Crippen LogP contribution in [0.4, 0.5) is 5.82 Å². The van der Waals surface area contributed by atoms with E-state index in [0.29, 0.717) is 22.5 Å². The molecular weight excluding hydrogens is 274 g/mol. The fraction of sp³-hybridized carbons (Fsp3) is 0.333. The third-order valence-electron chi connectivity index (χ3n) is 2.85. The van der Waals surface area contributed by atoms with Crippen LogP contribution >= 0.6 is 11.6 Å². The van der Waals surface area contributed by atoms with Crippen molar-refractivity contribution in [2.45, 2.75) is 27.7 Å². The lowest BCUT2D eigenvalue weighted by Gasteiger charge is -2.13. The van der Waals surface area contributed by atoms with Crippen LogP contribution in [-0.2, 0) is 0 Å². The van der Waals surface area contributed by atoms with E-state index in [0.717, 1.165) is 23.5 Å². The molecule has 106 valence electrons. The summed E-state index contributed by atoms with van der Waals surface area (Å²) in [5, 5.41) is 3.78. The van der Waals surface area contributed by atoms with Crippen molar-refractivity contribution in [1.82, 2.24) is 9.97 Å². The third kappa shape index (κ3) is 3.20. The molecule has 20 heavy (non-hydrogen) atoms. The predicted molar refractivity (Wildman–Crippen MR) is 81.9 cm³/mol. The fourth-order valence-corrected chi connectivity index (χ4v) is 2.11. The standard InChI is InChI=1S/C15H18ClN3O/c1-5-17-14-10(3)15(19-11(4)18-14)20-13-7-6-9(2)8-12(13)16/h6-8H,5H2,1-4H3,(H,17,18,19). The van der Waals surface area contributed by atoms with E-state index >= 15 is 0 Å². The highest BCUT2D eigenvalue weighted by Gasteiger charge is 2.12. The Bertz CT molecular complexity index is 629. The Kier molecular flexibility index (Phi) is 4.45. The summed E-state index contributed by atoms with van der Waals surface area (Å²) in [6, 6.07) is 5.67. The smallest absolute Gasteiger partial charge is 0.227 e. The first-order chi connectivity index (χ1) is 9.51. The van der Waals surface area contributed by atoms with Gasteiger partial charge in [-0.25, -0.2) is 4.98 Å². The molecule has 0 aliphatic rings. The van der Waals surface area contributed by atoms with Crippen molar-refractivity contribution in [2.75, 3.05) is 11.9 Å². The van der Waals surface area contributed by atoms with Crippen LogP contribution in [0.15, 0.2) is 18.2 Å². The summed E-state index contributed by atoms with van der Waals surface area (Å²) >= 11 is 6.19. The van der Waals surface area contributed by atoms with E-state index in [4.69, 9.17) is 16.3 Å². The van der Waals surface area contributed by atoms with Crippen LogP contribution in [0.1, 0.15) is 23.9 Å². The molecule has 0 bridgehead atoms. The van der Waals surface area contributed by atoms with Gasteiger partial charge in [0.2, 0.25) is 5.88 Å². The lowest BCUT2D eigenvalue weighted by Crippen LogP contribution is -2.06. The maximum Gasteiger partial charge on any atom is 0.227 e. The summed E-state index contributed by atoms with van der Waals surface area (Å²) < 4.78 is 5.84. The zero-order valence-corrected chi connectivity index (χ0v) is 12.9. The monoisotopic (exact) mass is 291 g/mol. The molecule has 0 saturated carbocycles. The first kappa shape index (κ1) is 14.6. The van der Waals surface area contributed by atoms with E-state index in [9.17, 15) is 0 Å². The molecule has 1 aromatic heterocycles. The predicted octanol–water partition coefficient (Wildman–Crippen LogP) is 4.28. The van der Waals surface area contributed by atoms with E-state index in [1.807, 2.05) is 45.9 Å². The summed E-state index contributed by atoms with van der Waals surface area (Å²) in [6.45, 7) is 8.56. The van der Waals surface area contributed by atoms with Gasteiger partial charge in [0.25, 0.3) is 0 Å². The van der Waals surface area contributed by atoms with Crippen molar-refractivity contribution in [3.63, 3.8) is 0 Å². The zero-order chi connectivity index (χ0) is 14.7. The van der Waals surface area contributed by atoms with Gasteiger partial charge in [-0.05, 0) is 45.4 Å². The first-order valence-corrected chi connectivity index (χ1v) is 6.92. The van der Waals surface area contributed by atoms with E-state index in [1.54, 1.807) is 0 Å². The fourth-order valence-electron chi connectivity index (χ4n) is 1.83. The summed E-state index contributed by atoms with van der Waals surface area (Å²) in [4.78, 5) is 8.71. The molecule has 4 nitrogen and oxygen atoms in total. The van der Waals surface area contributed by atoms with Gasteiger partial charge >= 0.3 is 0 Å². The second-order valence-corrected chi connectivity index (χ2v) is 5.02. The highest BCUT2D eigenvalue weighted by Crippen LogP contribution is 2.32. The van der Waals surface area contributed by atoms with Gasteiger partial charge in [0, 0.05) is 6.54 Å². The molecule has 0 radical (unpaired) electrons. The number of ether oxygens (including phenoxy) is 1. The molecule has 1 heterocycles. The minimum absolute atomic E-state index is 0.527. The molecule has 0 spiro atoms. The van der Waals surface area contributed by atoms with Crippen LogP contribution in [0, 0.1) is 20.8 Å². The lowest BCUT2D eigenvalue weighted by molar-refractivity contribution is 0.456. The van der Waals surface area contributed by atoms with Gasteiger partial charge in [-0.1, -0.05) is 17.7 Å². The van der Waals surface area contributed by atoms with Crippen molar-refractivity contribution in [3.8, 4) is 11.6 Å². The Morgan fingerprint density at radius 3 is 2.60 bits per heavy atom. The largest absolute Gasteiger partial charge is 0.437 e. The number of halogens is 1. The second kappa shape index (κ2) is 6.09. The van der Waals surface area contributed by atoms with Crippen LogP contribution in [0.25, 0.3) is 0 Å².